The van der Waals surface area contributed by atoms with Crippen molar-refractivity contribution in [2.75, 3.05) is 6.61 Å². The van der Waals surface area contributed by atoms with Gasteiger partial charge >= 0.3 is 0 Å². The molecule has 2 fully saturated rings. The number of pyridine rings is 1. The van der Waals surface area contributed by atoms with E-state index in [9.17, 15) is 0 Å². The summed E-state index contributed by atoms with van der Waals surface area (Å²) in [6.45, 7) is 0.735. The minimum Gasteiger partial charge on any atom is -0.492 e. The van der Waals surface area contributed by atoms with Crippen LogP contribution in [0.1, 0.15) is 19.3 Å². The Hall–Kier alpha value is -0.800. The number of hydrogen-bond donors (Lipinski definition) is 1. The van der Waals surface area contributed by atoms with Crippen molar-refractivity contribution in [3.63, 3.8) is 0 Å². The monoisotopic (exact) mass is 238 g/mol. The van der Waals surface area contributed by atoms with Crippen molar-refractivity contribution >= 4 is 11.6 Å². The van der Waals surface area contributed by atoms with Crippen LogP contribution in [0.3, 0.4) is 0 Å². The van der Waals surface area contributed by atoms with Crippen LogP contribution in [0.5, 0.6) is 5.75 Å². The predicted octanol–water partition coefficient (Wildman–Crippen LogP) is 2.25. The van der Waals surface area contributed by atoms with Gasteiger partial charge in [-0.3, -0.25) is 4.98 Å². The first kappa shape index (κ1) is 10.4. The lowest BCUT2D eigenvalue weighted by atomic mass is 10.1. The number of nitrogens with zero attached hydrogens (tertiary/aromatic N) is 1. The molecule has 0 bridgehead atoms. The Labute approximate surface area is 100 Å². The van der Waals surface area contributed by atoms with Crippen molar-refractivity contribution in [1.29, 1.82) is 0 Å². The quantitative estimate of drug-likeness (QED) is 0.874. The van der Waals surface area contributed by atoms with E-state index in [0.29, 0.717) is 11.1 Å². The SMILES string of the molecule is Clc1cncc(OCC[C@@H]2C[C@H]3C[C@H]3N2)c1. The van der Waals surface area contributed by atoms with Gasteiger partial charge in [0, 0.05) is 24.3 Å². The Morgan fingerprint density at radius 2 is 2.38 bits per heavy atom. The Morgan fingerprint density at radius 1 is 1.44 bits per heavy atom. The maximum Gasteiger partial charge on any atom is 0.139 e. The van der Waals surface area contributed by atoms with Crippen LogP contribution in [0.2, 0.25) is 5.02 Å². The maximum atomic E-state index is 5.82. The third-order valence-electron chi connectivity index (χ3n) is 3.37. The van der Waals surface area contributed by atoms with Crippen LogP contribution in [0.25, 0.3) is 0 Å². The van der Waals surface area contributed by atoms with Crippen LogP contribution < -0.4 is 10.1 Å². The van der Waals surface area contributed by atoms with Gasteiger partial charge in [0.1, 0.15) is 5.75 Å². The highest BCUT2D eigenvalue weighted by molar-refractivity contribution is 6.30. The lowest BCUT2D eigenvalue weighted by molar-refractivity contribution is 0.286. The fourth-order valence-corrected chi connectivity index (χ4v) is 2.60. The maximum absolute atomic E-state index is 5.82. The topological polar surface area (TPSA) is 34.1 Å². The molecule has 4 heteroatoms. The second kappa shape index (κ2) is 4.22. The number of nitrogens with one attached hydrogen (secondary N) is 1. The molecule has 86 valence electrons. The number of hydrogen-bond acceptors (Lipinski definition) is 3. The van der Waals surface area contributed by atoms with E-state index < -0.39 is 0 Å². The van der Waals surface area contributed by atoms with Gasteiger partial charge in [0.05, 0.1) is 17.8 Å². The van der Waals surface area contributed by atoms with Crippen molar-refractivity contribution in [2.24, 2.45) is 5.92 Å². The average Bonchev–Trinajstić information content (AvgIpc) is 2.87. The summed E-state index contributed by atoms with van der Waals surface area (Å²) in [6.07, 6.45) is 7.09. The molecule has 0 aromatic carbocycles. The molecule has 1 saturated heterocycles. The van der Waals surface area contributed by atoms with E-state index >= 15 is 0 Å². The van der Waals surface area contributed by atoms with E-state index in [2.05, 4.69) is 10.3 Å². The smallest absolute Gasteiger partial charge is 0.139 e. The lowest BCUT2D eigenvalue weighted by Gasteiger charge is -2.13. The first-order valence-electron chi connectivity index (χ1n) is 5.80. The van der Waals surface area contributed by atoms with Crippen LogP contribution in [0, 0.1) is 5.92 Å². The van der Waals surface area contributed by atoms with Crippen LogP contribution in [-0.2, 0) is 0 Å². The molecule has 1 aliphatic heterocycles. The van der Waals surface area contributed by atoms with Gasteiger partial charge in [-0.25, -0.2) is 0 Å². The summed E-state index contributed by atoms with van der Waals surface area (Å²) >= 11 is 5.82. The van der Waals surface area contributed by atoms with Crippen LogP contribution in [0.15, 0.2) is 18.5 Å². The van der Waals surface area contributed by atoms with E-state index in [0.717, 1.165) is 30.7 Å². The number of rotatable bonds is 4. The second-order valence-corrected chi connectivity index (χ2v) is 5.11. The Kier molecular flexibility index (Phi) is 2.74. The average molecular weight is 239 g/mol. The fraction of sp³-hybridized carbons (Fsp3) is 0.583. The van der Waals surface area contributed by atoms with E-state index in [1.807, 2.05) is 0 Å². The summed E-state index contributed by atoms with van der Waals surface area (Å²) in [7, 11) is 0. The van der Waals surface area contributed by atoms with Gasteiger partial charge in [0.25, 0.3) is 0 Å². The van der Waals surface area contributed by atoms with Gasteiger partial charge < -0.3 is 10.1 Å². The third kappa shape index (κ3) is 2.30. The molecular weight excluding hydrogens is 224 g/mol. The number of fused-ring (bicyclic) bond motifs is 1. The predicted molar refractivity (Wildman–Crippen MR) is 62.8 cm³/mol. The van der Waals surface area contributed by atoms with Crippen molar-refractivity contribution in [1.82, 2.24) is 10.3 Å². The first-order valence-corrected chi connectivity index (χ1v) is 6.18. The summed E-state index contributed by atoms with van der Waals surface area (Å²) in [5, 5.41) is 4.23. The van der Waals surface area contributed by atoms with Gasteiger partial charge in [-0.1, -0.05) is 11.6 Å². The lowest BCUT2D eigenvalue weighted by Crippen LogP contribution is -2.27. The van der Waals surface area contributed by atoms with Crippen molar-refractivity contribution in [2.45, 2.75) is 31.3 Å². The molecule has 2 aliphatic rings. The van der Waals surface area contributed by atoms with Crippen LogP contribution in [0.4, 0.5) is 0 Å². The van der Waals surface area contributed by atoms with Crippen LogP contribution in [-0.4, -0.2) is 23.7 Å². The Balaban J connectivity index is 1.43. The molecule has 16 heavy (non-hydrogen) atoms. The third-order valence-corrected chi connectivity index (χ3v) is 3.58. The molecule has 1 saturated carbocycles. The molecule has 3 rings (SSSR count). The fourth-order valence-electron chi connectivity index (χ4n) is 2.44. The molecule has 0 amide bonds. The zero-order valence-electron chi connectivity index (χ0n) is 9.03. The molecule has 1 aliphatic carbocycles. The molecule has 3 nitrogen and oxygen atoms in total. The molecule has 0 unspecified atom stereocenters. The minimum atomic E-state index is 0.623. The summed E-state index contributed by atoms with van der Waals surface area (Å²) in [5.41, 5.74) is 0. The second-order valence-electron chi connectivity index (χ2n) is 4.68. The van der Waals surface area contributed by atoms with E-state index in [1.165, 1.54) is 12.8 Å². The molecular formula is C12H15ClN2O. The summed E-state index contributed by atoms with van der Waals surface area (Å²) in [5.74, 6) is 1.72. The van der Waals surface area contributed by atoms with Crippen molar-refractivity contribution < 1.29 is 4.74 Å². The van der Waals surface area contributed by atoms with E-state index in [4.69, 9.17) is 16.3 Å². The van der Waals surface area contributed by atoms with E-state index in [-0.39, 0.29) is 0 Å². The largest absolute Gasteiger partial charge is 0.492 e. The molecule has 0 radical (unpaired) electrons. The molecule has 3 atom stereocenters. The highest BCUT2D eigenvalue weighted by atomic mass is 35.5. The van der Waals surface area contributed by atoms with Gasteiger partial charge in [-0.05, 0) is 25.2 Å². The number of aromatic nitrogens is 1. The Bertz CT molecular complexity index is 375. The number of halogens is 1. The minimum absolute atomic E-state index is 0.623. The van der Waals surface area contributed by atoms with Crippen molar-refractivity contribution in [3.8, 4) is 5.75 Å². The molecule has 1 aromatic heterocycles. The zero-order valence-corrected chi connectivity index (χ0v) is 9.78. The molecule has 1 N–H and O–H groups in total. The summed E-state index contributed by atoms with van der Waals surface area (Å²) in [6, 6.07) is 3.27. The Morgan fingerprint density at radius 3 is 3.12 bits per heavy atom. The normalized spacial score (nSPS) is 31.2. The van der Waals surface area contributed by atoms with Crippen molar-refractivity contribution in [3.05, 3.63) is 23.5 Å². The van der Waals surface area contributed by atoms with Crippen LogP contribution >= 0.6 is 11.6 Å². The standard InChI is InChI=1S/C12H15ClN2O/c13-9-5-11(7-14-6-9)16-2-1-10-3-8-4-12(8)15-10/h5-8,10,12,15H,1-4H2/t8-,10+,12+/m0/s1. The van der Waals surface area contributed by atoms with Gasteiger partial charge in [-0.2, -0.15) is 0 Å². The molecule has 0 spiro atoms. The van der Waals surface area contributed by atoms with Gasteiger partial charge in [-0.15, -0.1) is 0 Å². The molecule has 2 heterocycles. The summed E-state index contributed by atoms with van der Waals surface area (Å²) < 4.78 is 5.61. The number of ether oxygens (including phenoxy) is 1. The zero-order chi connectivity index (χ0) is 11.0. The highest BCUT2D eigenvalue weighted by Crippen LogP contribution is 2.41. The first-order chi connectivity index (χ1) is 7.81. The van der Waals surface area contributed by atoms with Gasteiger partial charge in [0.2, 0.25) is 0 Å². The highest BCUT2D eigenvalue weighted by Gasteiger charge is 2.45. The van der Waals surface area contributed by atoms with Gasteiger partial charge in [0.15, 0.2) is 0 Å². The number of piperidine rings is 1. The van der Waals surface area contributed by atoms with E-state index in [1.54, 1.807) is 18.5 Å². The summed E-state index contributed by atoms with van der Waals surface area (Å²) in [4.78, 5) is 3.98. The molecule has 1 aromatic rings.